The third kappa shape index (κ3) is 5.43. The van der Waals surface area contributed by atoms with E-state index in [1.807, 2.05) is 6.92 Å². The molecule has 2 N–H and O–H groups in total. The van der Waals surface area contributed by atoms with Crippen molar-refractivity contribution in [3.8, 4) is 0 Å². The number of rotatable bonds is 3. The summed E-state index contributed by atoms with van der Waals surface area (Å²) in [5, 5.41) is 3.54. The first-order valence-electron chi connectivity index (χ1n) is 2.70. The van der Waals surface area contributed by atoms with Gasteiger partial charge in [-0.3, -0.25) is 5.73 Å². The van der Waals surface area contributed by atoms with Crippen molar-refractivity contribution in [3.05, 3.63) is 0 Å². The molecule has 0 saturated heterocycles. The van der Waals surface area contributed by atoms with Crippen molar-refractivity contribution in [3.63, 3.8) is 0 Å². The molecule has 8 heavy (non-hydrogen) atoms. The summed E-state index contributed by atoms with van der Waals surface area (Å²) < 4.78 is 0. The predicted octanol–water partition coefficient (Wildman–Crippen LogP) is 0.704. The van der Waals surface area contributed by atoms with Gasteiger partial charge in [0.05, 0.1) is 0 Å². The molecule has 0 heterocycles. The average molecular weight is 116 g/mol. The summed E-state index contributed by atoms with van der Waals surface area (Å²) in [7, 11) is 0. The Bertz CT molecular complexity index is 70.8. The van der Waals surface area contributed by atoms with E-state index in [0.29, 0.717) is 0 Å². The molecule has 3 nitrogen and oxygen atoms in total. The Morgan fingerprint density at radius 1 is 1.88 bits per heavy atom. The Hall–Kier alpha value is -0.570. The van der Waals surface area contributed by atoms with E-state index in [-0.39, 0.29) is 6.23 Å². The van der Waals surface area contributed by atoms with Crippen LogP contribution in [0.25, 0.3) is 0 Å². The summed E-state index contributed by atoms with van der Waals surface area (Å²) in [6.45, 7) is 3.71. The van der Waals surface area contributed by atoms with Gasteiger partial charge in [0.25, 0.3) is 0 Å². The van der Waals surface area contributed by atoms with E-state index in [9.17, 15) is 0 Å². The number of nitrogens with two attached hydrogens (primary N) is 1. The van der Waals surface area contributed by atoms with E-state index in [4.69, 9.17) is 5.73 Å². The van der Waals surface area contributed by atoms with Gasteiger partial charge in [0.2, 0.25) is 0 Å². The summed E-state index contributed by atoms with van der Waals surface area (Å²) in [6.07, 6.45) is 2.26. The summed E-state index contributed by atoms with van der Waals surface area (Å²) in [5.41, 5.74) is 5.20. The van der Waals surface area contributed by atoms with E-state index < -0.39 is 0 Å². The van der Waals surface area contributed by atoms with Crippen molar-refractivity contribution in [2.24, 2.45) is 10.9 Å². The quantitative estimate of drug-likeness (QED) is 0.335. The molecule has 48 valence electrons. The number of nitrogens with zero attached hydrogens (tertiary/aromatic N) is 1. The van der Waals surface area contributed by atoms with Crippen LogP contribution >= 0.6 is 0 Å². The van der Waals surface area contributed by atoms with Crippen LogP contribution in [-0.2, 0) is 4.84 Å². The maximum atomic E-state index is 5.20. The van der Waals surface area contributed by atoms with Gasteiger partial charge in [-0.2, -0.15) is 0 Å². The third-order valence-electron chi connectivity index (χ3n) is 0.484. The zero-order chi connectivity index (χ0) is 6.41. The van der Waals surface area contributed by atoms with Gasteiger partial charge in [-0.15, -0.1) is 0 Å². The minimum Gasteiger partial charge on any atom is -0.378 e. The molecule has 0 fully saturated rings. The molecular weight excluding hydrogens is 104 g/mol. The third-order valence-corrected chi connectivity index (χ3v) is 0.484. The fraction of sp³-hybridized carbons (Fsp3) is 0.800. The smallest absolute Gasteiger partial charge is 0.173 e. The van der Waals surface area contributed by atoms with Crippen LogP contribution in [0.1, 0.15) is 20.3 Å². The number of hydrogen-bond donors (Lipinski definition) is 1. The lowest BCUT2D eigenvalue weighted by molar-refractivity contribution is 0.0782. The van der Waals surface area contributed by atoms with E-state index in [1.54, 1.807) is 13.1 Å². The summed E-state index contributed by atoms with van der Waals surface area (Å²) in [6, 6.07) is 0. The van der Waals surface area contributed by atoms with Gasteiger partial charge in [0.15, 0.2) is 6.23 Å². The molecule has 0 aromatic carbocycles. The predicted molar refractivity (Wildman–Crippen MR) is 33.5 cm³/mol. The molecule has 0 rings (SSSR count). The Balaban J connectivity index is 3.03. The first kappa shape index (κ1) is 7.43. The largest absolute Gasteiger partial charge is 0.378 e. The SMILES string of the molecule is CC/C=N/OC(C)N. The summed E-state index contributed by atoms with van der Waals surface area (Å²) in [5.74, 6) is 0. The Kier molecular flexibility index (Phi) is 4.26. The fourth-order valence-corrected chi connectivity index (χ4v) is 0.214. The van der Waals surface area contributed by atoms with Gasteiger partial charge >= 0.3 is 0 Å². The average Bonchev–Trinajstić information content (AvgIpc) is 1.66. The van der Waals surface area contributed by atoms with E-state index in [0.717, 1.165) is 6.42 Å². The van der Waals surface area contributed by atoms with Crippen LogP contribution in [0.5, 0.6) is 0 Å². The van der Waals surface area contributed by atoms with Crippen molar-refractivity contribution in [1.82, 2.24) is 0 Å². The number of hydrogen-bond acceptors (Lipinski definition) is 3. The van der Waals surface area contributed by atoms with Crippen molar-refractivity contribution in [2.45, 2.75) is 26.5 Å². The van der Waals surface area contributed by atoms with Gasteiger partial charge in [-0.25, -0.2) is 0 Å². The summed E-state index contributed by atoms with van der Waals surface area (Å²) in [4.78, 5) is 4.63. The Morgan fingerprint density at radius 2 is 2.50 bits per heavy atom. The van der Waals surface area contributed by atoms with Gasteiger partial charge in [0.1, 0.15) is 0 Å². The first-order valence-corrected chi connectivity index (χ1v) is 2.70. The molecule has 0 aromatic rings. The van der Waals surface area contributed by atoms with E-state index in [1.165, 1.54) is 0 Å². The van der Waals surface area contributed by atoms with E-state index in [2.05, 4.69) is 9.99 Å². The molecule has 0 aliphatic heterocycles. The van der Waals surface area contributed by atoms with Crippen LogP contribution in [0.3, 0.4) is 0 Å². The van der Waals surface area contributed by atoms with Crippen molar-refractivity contribution >= 4 is 6.21 Å². The van der Waals surface area contributed by atoms with Gasteiger partial charge in [-0.1, -0.05) is 12.1 Å². The zero-order valence-corrected chi connectivity index (χ0v) is 5.29. The molecule has 0 aliphatic rings. The first-order chi connectivity index (χ1) is 3.77. The minimum absolute atomic E-state index is 0.294. The standard InChI is InChI=1S/C5H12N2O/c1-3-4-7-8-5(2)6/h4-5H,3,6H2,1-2H3/b7-4+. The lowest BCUT2D eigenvalue weighted by Crippen LogP contribution is -2.15. The van der Waals surface area contributed by atoms with Crippen molar-refractivity contribution in [1.29, 1.82) is 0 Å². The fourth-order valence-electron chi connectivity index (χ4n) is 0.214. The molecule has 0 radical (unpaired) electrons. The normalized spacial score (nSPS) is 14.4. The second-order valence-electron chi connectivity index (χ2n) is 1.51. The zero-order valence-electron chi connectivity index (χ0n) is 5.29. The minimum atomic E-state index is -0.294. The molecule has 0 saturated carbocycles. The van der Waals surface area contributed by atoms with Crippen LogP contribution in [-0.4, -0.2) is 12.4 Å². The Morgan fingerprint density at radius 3 is 2.88 bits per heavy atom. The lowest BCUT2D eigenvalue weighted by Gasteiger charge is -1.98. The molecule has 3 heteroatoms. The molecule has 1 atom stereocenters. The van der Waals surface area contributed by atoms with Crippen LogP contribution in [0, 0.1) is 0 Å². The van der Waals surface area contributed by atoms with Crippen LogP contribution < -0.4 is 5.73 Å². The summed E-state index contributed by atoms with van der Waals surface area (Å²) >= 11 is 0. The second-order valence-corrected chi connectivity index (χ2v) is 1.51. The molecular formula is C5H12N2O. The van der Waals surface area contributed by atoms with Gasteiger partial charge in [0, 0.05) is 6.21 Å². The van der Waals surface area contributed by atoms with Crippen molar-refractivity contribution in [2.75, 3.05) is 0 Å². The molecule has 1 unspecified atom stereocenters. The monoisotopic (exact) mass is 116 g/mol. The van der Waals surface area contributed by atoms with Gasteiger partial charge in [-0.05, 0) is 13.3 Å². The highest BCUT2D eigenvalue weighted by molar-refractivity contribution is 5.55. The van der Waals surface area contributed by atoms with Gasteiger partial charge < -0.3 is 4.84 Å². The maximum Gasteiger partial charge on any atom is 0.173 e. The highest BCUT2D eigenvalue weighted by Gasteiger charge is 1.84. The van der Waals surface area contributed by atoms with Crippen LogP contribution in [0.2, 0.25) is 0 Å². The van der Waals surface area contributed by atoms with Crippen LogP contribution in [0.15, 0.2) is 5.16 Å². The van der Waals surface area contributed by atoms with Crippen molar-refractivity contribution < 1.29 is 4.84 Å². The molecule has 0 amide bonds. The second kappa shape index (κ2) is 4.59. The van der Waals surface area contributed by atoms with E-state index >= 15 is 0 Å². The highest BCUT2D eigenvalue weighted by atomic mass is 16.6. The molecule has 0 aliphatic carbocycles. The molecule has 0 bridgehead atoms. The lowest BCUT2D eigenvalue weighted by atomic mass is 10.6. The molecule has 0 spiro atoms. The number of oxime groups is 1. The maximum absolute atomic E-state index is 5.20. The highest BCUT2D eigenvalue weighted by Crippen LogP contribution is 1.79. The topological polar surface area (TPSA) is 47.6 Å². The van der Waals surface area contributed by atoms with Crippen LogP contribution in [0.4, 0.5) is 0 Å². The molecule has 0 aromatic heterocycles. The Labute approximate surface area is 49.5 Å².